The van der Waals surface area contributed by atoms with Crippen molar-refractivity contribution in [3.8, 4) is 11.4 Å². The number of hydrogen-bond acceptors (Lipinski definition) is 6. The Kier molecular flexibility index (Phi) is 6.11. The highest BCUT2D eigenvalue weighted by molar-refractivity contribution is 6.00. The smallest absolute Gasteiger partial charge is 0.352 e. The minimum atomic E-state index is -4.65. The zero-order valence-corrected chi connectivity index (χ0v) is 17.2. The molecule has 0 aliphatic carbocycles. The first-order valence-electron chi connectivity index (χ1n) is 9.95. The van der Waals surface area contributed by atoms with Gasteiger partial charge in [0.25, 0.3) is 11.8 Å². The predicted molar refractivity (Wildman–Crippen MR) is 107 cm³/mol. The van der Waals surface area contributed by atoms with E-state index < -0.39 is 48.4 Å². The zero-order valence-electron chi connectivity index (χ0n) is 17.2. The second-order valence-electron chi connectivity index (χ2n) is 7.46. The van der Waals surface area contributed by atoms with Crippen LogP contribution < -0.4 is 5.32 Å². The third kappa shape index (κ3) is 4.77. The molecule has 0 spiro atoms. The van der Waals surface area contributed by atoms with E-state index in [0.717, 1.165) is 17.0 Å². The number of rotatable bonds is 5. The maximum Gasteiger partial charge on any atom is 0.419 e. The van der Waals surface area contributed by atoms with Gasteiger partial charge in [0.05, 0.1) is 11.1 Å². The van der Waals surface area contributed by atoms with Gasteiger partial charge in [-0.3, -0.25) is 4.79 Å². The first kappa shape index (κ1) is 23.4. The Morgan fingerprint density at radius 2 is 1.79 bits per heavy atom. The first-order valence-corrected chi connectivity index (χ1v) is 9.95. The van der Waals surface area contributed by atoms with E-state index in [9.17, 15) is 31.1 Å². The molecule has 1 N–H and O–H groups in total. The van der Waals surface area contributed by atoms with Crippen LogP contribution in [0.15, 0.2) is 49.1 Å². The fourth-order valence-electron chi connectivity index (χ4n) is 3.56. The average Bonchev–Trinajstić information content (AvgIpc) is 3.11. The summed E-state index contributed by atoms with van der Waals surface area (Å²) in [5.74, 6) is -5.12. The molecule has 0 radical (unpaired) electrons. The number of aromatic nitrogens is 4. The van der Waals surface area contributed by atoms with Crippen LogP contribution >= 0.6 is 0 Å². The van der Waals surface area contributed by atoms with Crippen molar-refractivity contribution in [3.63, 3.8) is 0 Å². The Hall–Kier alpha value is -3.77. The molecule has 1 fully saturated rings. The summed E-state index contributed by atoms with van der Waals surface area (Å²) in [5.41, 5.74) is -1.12. The van der Waals surface area contributed by atoms with Crippen LogP contribution in [-0.2, 0) is 6.18 Å². The minimum Gasteiger partial charge on any atom is -0.352 e. The minimum absolute atomic E-state index is 0.115. The standard InChI is InChI=1S/C21H16F6N6O/c22-13-2-3-14(17-28-5-1-6-29-17)15(8-13)18(34)33-7-4-20(23,24)16(33)11-32-19-30-9-12(10-31-19)21(25,26)27/h1-3,5-6,8-10,16H,4,7,11H2,(H,30,31,32). The molecule has 1 unspecified atom stereocenters. The lowest BCUT2D eigenvalue weighted by molar-refractivity contribution is -0.138. The van der Waals surface area contributed by atoms with E-state index in [1.165, 1.54) is 18.5 Å². The highest BCUT2D eigenvalue weighted by Crippen LogP contribution is 2.36. The molecule has 3 aromatic rings. The highest BCUT2D eigenvalue weighted by Gasteiger charge is 2.51. The number of nitrogens with one attached hydrogen (secondary N) is 1. The molecule has 3 heterocycles. The third-order valence-electron chi connectivity index (χ3n) is 5.26. The Balaban J connectivity index is 1.58. The first-order chi connectivity index (χ1) is 16.1. The maximum absolute atomic E-state index is 14.6. The molecule has 1 aromatic carbocycles. The normalized spacial score (nSPS) is 17.6. The third-order valence-corrected chi connectivity index (χ3v) is 5.26. The number of nitrogens with zero attached hydrogens (tertiary/aromatic N) is 5. The summed E-state index contributed by atoms with van der Waals surface area (Å²) in [5, 5.41) is 2.45. The fraction of sp³-hybridized carbons (Fsp3) is 0.286. The lowest BCUT2D eigenvalue weighted by Gasteiger charge is -2.28. The molecule has 7 nitrogen and oxygen atoms in total. The number of carbonyl (C=O) groups is 1. The van der Waals surface area contributed by atoms with E-state index in [4.69, 9.17) is 0 Å². The van der Waals surface area contributed by atoms with Crippen molar-refractivity contribution in [1.29, 1.82) is 0 Å². The lowest BCUT2D eigenvalue weighted by atomic mass is 10.0. The van der Waals surface area contributed by atoms with Crippen LogP contribution in [0.3, 0.4) is 0 Å². The van der Waals surface area contributed by atoms with Gasteiger partial charge >= 0.3 is 6.18 Å². The second-order valence-corrected chi connectivity index (χ2v) is 7.46. The lowest BCUT2D eigenvalue weighted by Crippen LogP contribution is -2.47. The largest absolute Gasteiger partial charge is 0.419 e. The number of anilines is 1. The van der Waals surface area contributed by atoms with E-state index in [2.05, 4.69) is 25.3 Å². The SMILES string of the molecule is O=C(c1cc(F)ccc1-c1ncccn1)N1CCC(F)(F)C1CNc1ncc(C(F)(F)F)cn1. The van der Waals surface area contributed by atoms with Crippen LogP contribution in [0.25, 0.3) is 11.4 Å². The van der Waals surface area contributed by atoms with Gasteiger partial charge in [-0.25, -0.2) is 33.1 Å². The van der Waals surface area contributed by atoms with Crippen LogP contribution in [0, 0.1) is 5.82 Å². The van der Waals surface area contributed by atoms with Crippen molar-refractivity contribution in [2.75, 3.05) is 18.4 Å². The summed E-state index contributed by atoms with van der Waals surface area (Å²) >= 11 is 0. The number of amides is 1. The molecule has 1 aliphatic rings. The van der Waals surface area contributed by atoms with Crippen molar-refractivity contribution in [1.82, 2.24) is 24.8 Å². The summed E-state index contributed by atoms with van der Waals surface area (Å²) in [6.45, 7) is -0.867. The van der Waals surface area contributed by atoms with Gasteiger partial charge in [0.2, 0.25) is 5.95 Å². The Morgan fingerprint density at radius 1 is 1.12 bits per heavy atom. The Morgan fingerprint density at radius 3 is 2.44 bits per heavy atom. The van der Waals surface area contributed by atoms with Crippen molar-refractivity contribution >= 4 is 11.9 Å². The van der Waals surface area contributed by atoms with Crippen molar-refractivity contribution in [2.45, 2.75) is 24.6 Å². The molecule has 13 heteroatoms. The van der Waals surface area contributed by atoms with Gasteiger partial charge in [0.1, 0.15) is 11.9 Å². The monoisotopic (exact) mass is 482 g/mol. The second kappa shape index (κ2) is 8.88. The molecular formula is C21H16F6N6O. The molecule has 2 aromatic heterocycles. The number of likely N-dealkylation sites (tertiary alicyclic amines) is 1. The Labute approximate surface area is 188 Å². The van der Waals surface area contributed by atoms with E-state index in [0.29, 0.717) is 12.4 Å². The van der Waals surface area contributed by atoms with Gasteiger partial charge in [-0.2, -0.15) is 13.2 Å². The summed E-state index contributed by atoms with van der Waals surface area (Å²) in [7, 11) is 0. The molecule has 1 aliphatic heterocycles. The van der Waals surface area contributed by atoms with Gasteiger partial charge in [-0.05, 0) is 24.3 Å². The fourth-order valence-corrected chi connectivity index (χ4v) is 3.56. The van der Waals surface area contributed by atoms with Crippen molar-refractivity contribution < 1.29 is 31.1 Å². The number of benzene rings is 1. The van der Waals surface area contributed by atoms with Gasteiger partial charge < -0.3 is 10.2 Å². The van der Waals surface area contributed by atoms with Crippen molar-refractivity contribution in [3.05, 3.63) is 66.0 Å². The van der Waals surface area contributed by atoms with Crippen molar-refractivity contribution in [2.24, 2.45) is 0 Å². The van der Waals surface area contributed by atoms with E-state index in [1.807, 2.05) is 0 Å². The van der Waals surface area contributed by atoms with E-state index >= 15 is 0 Å². The van der Waals surface area contributed by atoms with Crippen LogP contribution in [-0.4, -0.2) is 55.8 Å². The number of carbonyl (C=O) groups excluding carboxylic acids is 1. The van der Waals surface area contributed by atoms with Gasteiger partial charge in [0, 0.05) is 49.9 Å². The highest BCUT2D eigenvalue weighted by atomic mass is 19.4. The number of halogens is 6. The van der Waals surface area contributed by atoms with Crippen LogP contribution in [0.2, 0.25) is 0 Å². The molecule has 178 valence electrons. The molecule has 1 atom stereocenters. The van der Waals surface area contributed by atoms with Gasteiger partial charge in [0.15, 0.2) is 5.82 Å². The number of alkyl halides is 5. The van der Waals surface area contributed by atoms with E-state index in [-0.39, 0.29) is 29.4 Å². The average molecular weight is 482 g/mol. The zero-order chi connectivity index (χ0) is 24.5. The molecule has 1 amide bonds. The Bertz CT molecular complexity index is 1170. The van der Waals surface area contributed by atoms with Crippen LogP contribution in [0.1, 0.15) is 22.3 Å². The molecule has 0 saturated carbocycles. The van der Waals surface area contributed by atoms with Gasteiger partial charge in [-0.1, -0.05) is 0 Å². The summed E-state index contributed by atoms with van der Waals surface area (Å²) in [6.07, 6.45) is -1.42. The summed E-state index contributed by atoms with van der Waals surface area (Å²) in [4.78, 5) is 29.2. The molecular weight excluding hydrogens is 466 g/mol. The molecule has 1 saturated heterocycles. The quantitative estimate of drug-likeness (QED) is 0.553. The summed E-state index contributed by atoms with van der Waals surface area (Å²) < 4.78 is 81.2. The molecule has 34 heavy (non-hydrogen) atoms. The van der Waals surface area contributed by atoms with Crippen LogP contribution in [0.4, 0.5) is 32.3 Å². The van der Waals surface area contributed by atoms with E-state index in [1.54, 1.807) is 6.07 Å². The predicted octanol–water partition coefficient (Wildman–Crippen LogP) is 4.05. The number of hydrogen-bond donors (Lipinski definition) is 1. The summed E-state index contributed by atoms with van der Waals surface area (Å²) in [6, 6.07) is 3.17. The topological polar surface area (TPSA) is 83.9 Å². The molecule has 0 bridgehead atoms. The van der Waals surface area contributed by atoms with Crippen LogP contribution in [0.5, 0.6) is 0 Å². The van der Waals surface area contributed by atoms with Gasteiger partial charge in [-0.15, -0.1) is 0 Å². The molecule has 4 rings (SSSR count). The maximum atomic E-state index is 14.6.